The van der Waals surface area contributed by atoms with Crippen LogP contribution in [0.15, 0.2) is 18.2 Å². The third-order valence-corrected chi connectivity index (χ3v) is 7.04. The number of alkyl halides is 3. The predicted octanol–water partition coefficient (Wildman–Crippen LogP) is 4.89. The molecule has 0 saturated carbocycles. The molecule has 3 rings (SSSR count). The SMILES string of the molecule is FC(F)(F)COCCCCCPC(Cc1ccc2c(c1)OCCO2)CN1CCCC1. The second-order valence-corrected chi connectivity index (χ2v) is 9.79. The van der Waals surface area contributed by atoms with Crippen molar-refractivity contribution in [2.24, 2.45) is 0 Å². The van der Waals surface area contributed by atoms with Crippen LogP contribution in [0, 0.1) is 0 Å². The van der Waals surface area contributed by atoms with Crippen LogP contribution in [-0.4, -0.2) is 69.0 Å². The van der Waals surface area contributed by atoms with Crippen LogP contribution in [0.25, 0.3) is 0 Å². The summed E-state index contributed by atoms with van der Waals surface area (Å²) in [5.74, 6) is 1.68. The Hall–Kier alpha value is -1.04. The third-order valence-electron chi connectivity index (χ3n) is 5.43. The van der Waals surface area contributed by atoms with Gasteiger partial charge < -0.3 is 19.1 Å². The molecule has 0 radical (unpaired) electrons. The highest BCUT2D eigenvalue weighted by atomic mass is 31.1. The van der Waals surface area contributed by atoms with E-state index in [0.29, 0.717) is 25.3 Å². The number of unbranched alkanes of at least 4 members (excludes halogenated alkanes) is 2. The van der Waals surface area contributed by atoms with Crippen molar-refractivity contribution in [3.63, 3.8) is 0 Å². The van der Waals surface area contributed by atoms with Crippen molar-refractivity contribution in [1.29, 1.82) is 0 Å². The second-order valence-electron chi connectivity index (χ2n) is 8.07. The third kappa shape index (κ3) is 8.60. The molecule has 1 saturated heterocycles. The summed E-state index contributed by atoms with van der Waals surface area (Å²) in [5.41, 5.74) is 1.89. The van der Waals surface area contributed by atoms with Gasteiger partial charge in [-0.1, -0.05) is 12.5 Å². The minimum Gasteiger partial charge on any atom is -0.486 e. The van der Waals surface area contributed by atoms with Gasteiger partial charge in [-0.2, -0.15) is 13.2 Å². The Kier molecular flexibility index (Phi) is 9.54. The lowest BCUT2D eigenvalue weighted by Gasteiger charge is -2.25. The van der Waals surface area contributed by atoms with E-state index in [0.717, 1.165) is 52.0 Å². The number of ether oxygens (including phenoxy) is 3. The number of rotatable bonds is 12. The van der Waals surface area contributed by atoms with Crippen LogP contribution in [0.4, 0.5) is 13.2 Å². The number of hydrogen-bond donors (Lipinski definition) is 0. The van der Waals surface area contributed by atoms with E-state index >= 15 is 0 Å². The van der Waals surface area contributed by atoms with Crippen molar-refractivity contribution in [3.05, 3.63) is 23.8 Å². The summed E-state index contributed by atoms with van der Waals surface area (Å²) in [6.07, 6.45) is 3.17. The van der Waals surface area contributed by atoms with Crippen molar-refractivity contribution in [2.75, 3.05) is 52.2 Å². The molecule has 30 heavy (non-hydrogen) atoms. The predicted molar refractivity (Wildman–Crippen MR) is 115 cm³/mol. The van der Waals surface area contributed by atoms with Crippen LogP contribution in [-0.2, 0) is 11.2 Å². The van der Waals surface area contributed by atoms with Gasteiger partial charge in [-0.25, -0.2) is 0 Å². The fourth-order valence-corrected chi connectivity index (χ4v) is 5.61. The Labute approximate surface area is 179 Å². The lowest BCUT2D eigenvalue weighted by Crippen LogP contribution is -2.29. The maximum Gasteiger partial charge on any atom is 0.411 e. The topological polar surface area (TPSA) is 30.9 Å². The Bertz CT molecular complexity index is 639. The van der Waals surface area contributed by atoms with Crippen LogP contribution in [0.1, 0.15) is 37.7 Å². The Balaban J connectivity index is 1.41. The highest BCUT2D eigenvalue weighted by molar-refractivity contribution is 7.38. The lowest BCUT2D eigenvalue weighted by atomic mass is 10.1. The van der Waals surface area contributed by atoms with Gasteiger partial charge in [0.05, 0.1) is 0 Å². The summed E-state index contributed by atoms with van der Waals surface area (Å²) < 4.78 is 52.3. The molecule has 0 bridgehead atoms. The molecule has 2 aliphatic rings. The number of nitrogens with zero attached hydrogens (tertiary/aromatic N) is 1. The van der Waals surface area contributed by atoms with Crippen LogP contribution < -0.4 is 9.47 Å². The van der Waals surface area contributed by atoms with E-state index in [1.165, 1.54) is 31.5 Å². The molecule has 1 aromatic carbocycles. The average Bonchev–Trinajstić information content (AvgIpc) is 3.22. The number of benzene rings is 1. The first-order chi connectivity index (χ1) is 14.5. The van der Waals surface area contributed by atoms with E-state index in [4.69, 9.17) is 9.47 Å². The molecule has 4 nitrogen and oxygen atoms in total. The van der Waals surface area contributed by atoms with Gasteiger partial charge in [-0.05, 0) is 74.7 Å². The van der Waals surface area contributed by atoms with Crippen LogP contribution in [0.3, 0.4) is 0 Å². The van der Waals surface area contributed by atoms with Crippen LogP contribution in [0.2, 0.25) is 0 Å². The average molecular weight is 447 g/mol. The lowest BCUT2D eigenvalue weighted by molar-refractivity contribution is -0.174. The van der Waals surface area contributed by atoms with E-state index in [-0.39, 0.29) is 6.61 Å². The van der Waals surface area contributed by atoms with Crippen molar-refractivity contribution in [3.8, 4) is 11.5 Å². The molecule has 0 aromatic heterocycles. The van der Waals surface area contributed by atoms with Crippen molar-refractivity contribution >= 4 is 8.58 Å². The molecule has 0 amide bonds. The quantitative estimate of drug-likeness (QED) is 0.337. The molecular weight excluding hydrogens is 414 g/mol. The molecule has 2 atom stereocenters. The first-order valence-corrected chi connectivity index (χ1v) is 12.3. The van der Waals surface area contributed by atoms with Gasteiger partial charge in [-0.3, -0.25) is 0 Å². The molecule has 2 aliphatic heterocycles. The number of likely N-dealkylation sites (tertiary alicyclic amines) is 1. The summed E-state index contributed by atoms with van der Waals surface area (Å²) >= 11 is 0. The molecule has 170 valence electrons. The molecule has 1 aromatic rings. The van der Waals surface area contributed by atoms with Gasteiger partial charge in [0.2, 0.25) is 0 Å². The smallest absolute Gasteiger partial charge is 0.411 e. The summed E-state index contributed by atoms with van der Waals surface area (Å²) in [7, 11) is 0.853. The summed E-state index contributed by atoms with van der Waals surface area (Å²) in [5, 5.41) is 0. The zero-order valence-electron chi connectivity index (χ0n) is 17.5. The maximum absolute atomic E-state index is 12.1. The highest BCUT2D eigenvalue weighted by Gasteiger charge is 2.27. The van der Waals surface area contributed by atoms with Gasteiger partial charge >= 0.3 is 6.18 Å². The van der Waals surface area contributed by atoms with Crippen LogP contribution >= 0.6 is 8.58 Å². The van der Waals surface area contributed by atoms with Gasteiger partial charge in [0.25, 0.3) is 0 Å². The second kappa shape index (κ2) is 12.1. The Morgan fingerprint density at radius 2 is 1.80 bits per heavy atom. The molecule has 2 unspecified atom stereocenters. The minimum absolute atomic E-state index is 0.191. The number of hydrogen-bond acceptors (Lipinski definition) is 4. The molecule has 8 heteroatoms. The molecule has 1 fully saturated rings. The fourth-order valence-electron chi connectivity index (χ4n) is 3.98. The molecule has 0 aliphatic carbocycles. The zero-order chi connectivity index (χ0) is 21.2. The minimum atomic E-state index is -4.22. The van der Waals surface area contributed by atoms with Crippen molar-refractivity contribution in [1.82, 2.24) is 4.90 Å². The van der Waals surface area contributed by atoms with E-state index in [2.05, 4.69) is 21.8 Å². The standard InChI is InChI=1S/C22H33F3NO3P/c23-22(24,25)17-27-10-4-1-5-13-30-19(16-26-8-2-3-9-26)14-18-6-7-20-21(15-18)29-12-11-28-20/h6-7,15,19,30H,1-5,8-14,16-17H2. The molecule has 0 spiro atoms. The Morgan fingerprint density at radius 1 is 1.03 bits per heavy atom. The number of fused-ring (bicyclic) bond motifs is 1. The molecule has 2 heterocycles. The van der Waals surface area contributed by atoms with Gasteiger partial charge in [-0.15, -0.1) is 8.58 Å². The van der Waals surface area contributed by atoms with Gasteiger partial charge in [0.1, 0.15) is 19.8 Å². The molecule has 0 N–H and O–H groups in total. The summed E-state index contributed by atoms with van der Waals surface area (Å²) in [6, 6.07) is 6.28. The highest BCUT2D eigenvalue weighted by Crippen LogP contribution is 2.33. The van der Waals surface area contributed by atoms with E-state index in [1.807, 2.05) is 6.07 Å². The first kappa shape index (κ1) is 23.6. The van der Waals surface area contributed by atoms with Crippen molar-refractivity contribution in [2.45, 2.75) is 50.4 Å². The monoisotopic (exact) mass is 447 g/mol. The van der Waals surface area contributed by atoms with E-state index < -0.39 is 12.8 Å². The van der Waals surface area contributed by atoms with E-state index in [9.17, 15) is 13.2 Å². The molecular formula is C22H33F3NO3P. The van der Waals surface area contributed by atoms with E-state index in [1.54, 1.807) is 0 Å². The largest absolute Gasteiger partial charge is 0.486 e. The number of halogens is 3. The van der Waals surface area contributed by atoms with Crippen molar-refractivity contribution < 1.29 is 27.4 Å². The first-order valence-electron chi connectivity index (χ1n) is 11.0. The fraction of sp³-hybridized carbons (Fsp3) is 0.727. The summed E-state index contributed by atoms with van der Waals surface area (Å²) in [4.78, 5) is 2.57. The van der Waals surface area contributed by atoms with Gasteiger partial charge in [0, 0.05) is 13.2 Å². The van der Waals surface area contributed by atoms with Gasteiger partial charge in [0.15, 0.2) is 11.5 Å². The summed E-state index contributed by atoms with van der Waals surface area (Å²) in [6.45, 7) is 3.77. The Morgan fingerprint density at radius 3 is 2.57 bits per heavy atom. The van der Waals surface area contributed by atoms with Crippen LogP contribution in [0.5, 0.6) is 11.5 Å². The zero-order valence-corrected chi connectivity index (χ0v) is 18.5. The maximum atomic E-state index is 12.1. The normalized spacial score (nSPS) is 18.4.